The molecule has 0 radical (unpaired) electrons. The highest BCUT2D eigenvalue weighted by atomic mass is 16.5. The van der Waals surface area contributed by atoms with Gasteiger partial charge in [-0.1, -0.05) is 54.6 Å². The fourth-order valence-electron chi connectivity index (χ4n) is 5.19. The smallest absolute Gasteiger partial charge is 0.151 e. The third kappa shape index (κ3) is 4.88. The van der Waals surface area contributed by atoms with Gasteiger partial charge >= 0.3 is 0 Å². The fourth-order valence-corrected chi connectivity index (χ4v) is 5.19. The van der Waals surface area contributed by atoms with Crippen LogP contribution in [0.25, 0.3) is 10.9 Å². The normalized spacial score (nSPS) is 12.1. The van der Waals surface area contributed by atoms with Gasteiger partial charge in [-0.2, -0.15) is 0 Å². The molecule has 4 aromatic carbocycles. The summed E-state index contributed by atoms with van der Waals surface area (Å²) in [6.45, 7) is 3.79. The first-order chi connectivity index (χ1) is 18.7. The summed E-state index contributed by atoms with van der Waals surface area (Å²) in [4.78, 5) is 14.3. The summed E-state index contributed by atoms with van der Waals surface area (Å²) in [5.41, 5.74) is 5.52. The Hall–Kier alpha value is -4.51. The molecule has 0 unspecified atom stereocenters. The van der Waals surface area contributed by atoms with E-state index in [-0.39, 0.29) is 5.78 Å². The number of hydrogen-bond donors (Lipinski definition) is 0. The molecule has 5 heteroatoms. The van der Waals surface area contributed by atoms with Gasteiger partial charge in [0.05, 0.1) is 18.0 Å². The Bertz CT molecular complexity index is 1540. The summed E-state index contributed by atoms with van der Waals surface area (Å²) in [5, 5.41) is 1.07. The second-order valence-electron chi connectivity index (χ2n) is 9.72. The Kier molecular flexibility index (Phi) is 6.57. The largest absolute Gasteiger partial charge is 0.494 e. The maximum absolute atomic E-state index is 12.0. The number of fused-ring (bicyclic) bond motifs is 3. The second kappa shape index (κ2) is 10.5. The lowest BCUT2D eigenvalue weighted by Gasteiger charge is -2.32. The van der Waals surface area contributed by atoms with E-state index >= 15 is 0 Å². The van der Waals surface area contributed by atoms with E-state index < -0.39 is 0 Å². The molecule has 190 valence electrons. The molecule has 6 rings (SSSR count). The lowest BCUT2D eigenvalue weighted by Crippen LogP contribution is -2.23. The number of ether oxygens (including phenoxy) is 2. The molecule has 0 atom stereocenters. The van der Waals surface area contributed by atoms with Crippen molar-refractivity contribution in [3.8, 4) is 17.2 Å². The molecule has 38 heavy (non-hydrogen) atoms. The number of anilines is 2. The van der Waals surface area contributed by atoms with E-state index in [1.165, 1.54) is 5.56 Å². The molecule has 0 saturated heterocycles. The monoisotopic (exact) mass is 502 g/mol. The lowest BCUT2D eigenvalue weighted by atomic mass is 10.1. The number of aromatic nitrogens is 1. The van der Waals surface area contributed by atoms with E-state index in [1.807, 2.05) is 48.5 Å². The number of carbonyl (C=O) groups is 1. The van der Waals surface area contributed by atoms with Crippen LogP contribution in [-0.2, 0) is 17.8 Å². The van der Waals surface area contributed by atoms with Gasteiger partial charge in [0.25, 0.3) is 0 Å². The molecule has 0 saturated carbocycles. The zero-order valence-electron chi connectivity index (χ0n) is 21.5. The van der Waals surface area contributed by atoms with Crippen LogP contribution >= 0.6 is 0 Å². The topological polar surface area (TPSA) is 43.7 Å². The van der Waals surface area contributed by atoms with E-state index in [9.17, 15) is 4.79 Å². The van der Waals surface area contributed by atoms with Gasteiger partial charge in [0, 0.05) is 36.6 Å². The highest BCUT2D eigenvalue weighted by molar-refractivity contribution is 5.90. The first-order valence-electron chi connectivity index (χ1n) is 13.1. The second-order valence-corrected chi connectivity index (χ2v) is 9.72. The van der Waals surface area contributed by atoms with E-state index in [2.05, 4.69) is 64.2 Å². The molecule has 0 fully saturated rings. The highest BCUT2D eigenvalue weighted by Gasteiger charge is 2.23. The Labute approximate surface area is 222 Å². The van der Waals surface area contributed by atoms with Gasteiger partial charge in [0.1, 0.15) is 11.5 Å². The van der Waals surface area contributed by atoms with Crippen LogP contribution in [0.1, 0.15) is 24.5 Å². The number of rotatable bonds is 9. The molecule has 1 aromatic heterocycles. The average Bonchev–Trinajstić information content (AvgIpc) is 3.26. The van der Waals surface area contributed by atoms with Crippen LogP contribution in [0.3, 0.4) is 0 Å². The van der Waals surface area contributed by atoms with Crippen molar-refractivity contribution in [1.29, 1.82) is 0 Å². The van der Waals surface area contributed by atoms with Crippen molar-refractivity contribution in [2.45, 2.75) is 26.3 Å². The van der Waals surface area contributed by atoms with Crippen molar-refractivity contribution < 1.29 is 14.3 Å². The third-order valence-corrected chi connectivity index (χ3v) is 6.90. The van der Waals surface area contributed by atoms with Crippen LogP contribution in [-0.4, -0.2) is 23.5 Å². The van der Waals surface area contributed by atoms with Gasteiger partial charge in [-0.25, -0.2) is 0 Å². The van der Waals surface area contributed by atoms with Crippen LogP contribution in [0.5, 0.6) is 17.2 Å². The van der Waals surface area contributed by atoms with Crippen molar-refractivity contribution in [2.24, 2.45) is 0 Å². The zero-order chi connectivity index (χ0) is 25.9. The Balaban J connectivity index is 1.18. The number of benzene rings is 4. The van der Waals surface area contributed by atoms with E-state index in [1.54, 1.807) is 6.92 Å². The Morgan fingerprint density at radius 3 is 2.24 bits per heavy atom. The maximum Gasteiger partial charge on any atom is 0.151 e. The quantitative estimate of drug-likeness (QED) is 0.195. The number of hydrogen-bond acceptors (Lipinski definition) is 4. The minimum absolute atomic E-state index is 0.154. The zero-order valence-corrected chi connectivity index (χ0v) is 21.5. The molecule has 2 heterocycles. The van der Waals surface area contributed by atoms with Crippen molar-refractivity contribution in [3.63, 3.8) is 0 Å². The number of ketones is 1. The van der Waals surface area contributed by atoms with Gasteiger partial charge in [-0.15, -0.1) is 0 Å². The molecular weight excluding hydrogens is 472 g/mol. The van der Waals surface area contributed by atoms with Gasteiger partial charge < -0.3 is 18.9 Å². The minimum Gasteiger partial charge on any atom is -0.494 e. The van der Waals surface area contributed by atoms with Crippen LogP contribution in [0.2, 0.25) is 0 Å². The molecule has 0 spiro atoms. The maximum atomic E-state index is 12.0. The number of nitrogens with zero attached hydrogens (tertiary/aromatic N) is 2. The standard InChI is InChI=1S/C33H30N2O3/c1-24(36)20-26-23-34(22-25-10-3-2-4-11-25)29-17-16-27(21-28(26)29)37-19-9-18-35-30-12-5-7-14-32(30)38-33-15-8-6-13-31(33)35/h2-8,10-17,21,23H,9,18-20,22H2,1H3. The summed E-state index contributed by atoms with van der Waals surface area (Å²) in [7, 11) is 0. The molecule has 5 nitrogen and oxygen atoms in total. The SMILES string of the molecule is CC(=O)Cc1cn(Cc2ccccc2)c2ccc(OCCCN3c4ccccc4Oc4ccccc43)cc12. The predicted molar refractivity (Wildman–Crippen MR) is 152 cm³/mol. The van der Waals surface area contributed by atoms with Crippen LogP contribution in [0.4, 0.5) is 11.4 Å². The number of para-hydroxylation sites is 4. The first-order valence-corrected chi connectivity index (χ1v) is 13.1. The molecule has 1 aliphatic rings. The van der Waals surface area contributed by atoms with Crippen molar-refractivity contribution in [1.82, 2.24) is 4.57 Å². The number of carbonyl (C=O) groups excluding carboxylic acids is 1. The number of Topliss-reactive ketones (excluding diaryl/α,β-unsaturated/α-hetero) is 1. The van der Waals surface area contributed by atoms with Crippen LogP contribution in [0, 0.1) is 0 Å². The summed E-state index contributed by atoms with van der Waals surface area (Å²) in [6.07, 6.45) is 3.36. The van der Waals surface area contributed by atoms with Crippen molar-refractivity contribution >= 4 is 28.1 Å². The van der Waals surface area contributed by atoms with Gasteiger partial charge in [0.2, 0.25) is 0 Å². The molecule has 1 aliphatic heterocycles. The summed E-state index contributed by atoms with van der Waals surface area (Å²) < 4.78 is 14.5. The van der Waals surface area contributed by atoms with E-state index in [4.69, 9.17) is 9.47 Å². The Morgan fingerprint density at radius 2 is 1.53 bits per heavy atom. The van der Waals surface area contributed by atoms with Crippen molar-refractivity contribution in [3.05, 3.63) is 114 Å². The molecule has 0 N–H and O–H groups in total. The fraction of sp³-hybridized carbons (Fsp3) is 0.182. The lowest BCUT2D eigenvalue weighted by molar-refractivity contribution is -0.116. The third-order valence-electron chi connectivity index (χ3n) is 6.90. The van der Waals surface area contributed by atoms with Crippen LogP contribution < -0.4 is 14.4 Å². The molecule has 5 aromatic rings. The summed E-state index contributed by atoms with van der Waals surface area (Å²) >= 11 is 0. The van der Waals surface area contributed by atoms with E-state index in [0.717, 1.165) is 64.6 Å². The minimum atomic E-state index is 0.154. The van der Waals surface area contributed by atoms with Gasteiger partial charge in [-0.3, -0.25) is 4.79 Å². The molecular formula is C33H30N2O3. The van der Waals surface area contributed by atoms with Crippen LogP contribution in [0.15, 0.2) is 103 Å². The Morgan fingerprint density at radius 1 is 0.842 bits per heavy atom. The predicted octanol–water partition coefficient (Wildman–Crippen LogP) is 7.53. The van der Waals surface area contributed by atoms with Gasteiger partial charge in [0.15, 0.2) is 11.5 Å². The average molecular weight is 503 g/mol. The molecule has 0 bridgehead atoms. The molecule has 0 amide bonds. The summed E-state index contributed by atoms with van der Waals surface area (Å²) in [6, 6.07) is 32.9. The van der Waals surface area contributed by atoms with Crippen molar-refractivity contribution in [2.75, 3.05) is 18.1 Å². The van der Waals surface area contributed by atoms with E-state index in [0.29, 0.717) is 13.0 Å². The summed E-state index contributed by atoms with van der Waals surface area (Å²) in [5.74, 6) is 2.72. The highest BCUT2D eigenvalue weighted by Crippen LogP contribution is 2.46. The molecule has 0 aliphatic carbocycles. The first kappa shape index (κ1) is 23.9. The van der Waals surface area contributed by atoms with Gasteiger partial charge in [-0.05, 0) is 66.9 Å².